The van der Waals surface area contributed by atoms with Gasteiger partial charge >= 0.3 is 12.0 Å². The molecule has 7 heteroatoms. The van der Waals surface area contributed by atoms with Crippen molar-refractivity contribution in [3.05, 3.63) is 42.5 Å². The Hall–Kier alpha value is -3.09. The van der Waals surface area contributed by atoms with Crippen LogP contribution < -0.4 is 16.4 Å². The monoisotopic (exact) mass is 315 g/mol. The van der Waals surface area contributed by atoms with Gasteiger partial charge in [-0.1, -0.05) is 36.4 Å². The molecule has 0 aromatic heterocycles. The molecule has 120 valence electrons. The van der Waals surface area contributed by atoms with Crippen LogP contribution in [0.2, 0.25) is 0 Å². The zero-order valence-electron chi connectivity index (χ0n) is 12.5. The van der Waals surface area contributed by atoms with E-state index in [0.717, 1.165) is 10.8 Å². The first kappa shape index (κ1) is 16.3. The standard InChI is InChI=1S/C16H17N3O4/c1-10(18-16(17)22)15(21)23-9-14(20)19-13-8-4-6-11-5-2-3-7-12(11)13/h2-8,10H,9H2,1H3,(H,19,20)(H3,17,18,22). The lowest BCUT2D eigenvalue weighted by atomic mass is 10.1. The Labute approximate surface area is 132 Å². The number of benzene rings is 2. The summed E-state index contributed by atoms with van der Waals surface area (Å²) < 4.78 is 4.83. The van der Waals surface area contributed by atoms with Crippen molar-refractivity contribution >= 4 is 34.4 Å². The Morgan fingerprint density at radius 1 is 1.13 bits per heavy atom. The molecule has 0 fully saturated rings. The number of carbonyl (C=O) groups excluding carboxylic acids is 3. The molecule has 0 radical (unpaired) electrons. The Morgan fingerprint density at radius 3 is 2.57 bits per heavy atom. The van der Waals surface area contributed by atoms with Crippen molar-refractivity contribution in [3.8, 4) is 0 Å². The highest BCUT2D eigenvalue weighted by molar-refractivity contribution is 6.02. The first-order chi connectivity index (χ1) is 11.0. The fourth-order valence-electron chi connectivity index (χ4n) is 2.05. The summed E-state index contributed by atoms with van der Waals surface area (Å²) in [6.45, 7) is 0.961. The third kappa shape index (κ3) is 4.44. The van der Waals surface area contributed by atoms with Crippen LogP contribution in [0.15, 0.2) is 42.5 Å². The summed E-state index contributed by atoms with van der Waals surface area (Å²) in [6.07, 6.45) is 0. The van der Waals surface area contributed by atoms with E-state index in [2.05, 4.69) is 10.6 Å². The first-order valence-electron chi connectivity index (χ1n) is 6.97. The summed E-state index contributed by atoms with van der Waals surface area (Å²) in [6, 6.07) is 11.4. The Morgan fingerprint density at radius 2 is 1.83 bits per heavy atom. The zero-order chi connectivity index (χ0) is 16.8. The van der Waals surface area contributed by atoms with Gasteiger partial charge in [0, 0.05) is 11.1 Å². The van der Waals surface area contributed by atoms with E-state index in [4.69, 9.17) is 10.5 Å². The van der Waals surface area contributed by atoms with Crippen LogP contribution in [0.25, 0.3) is 10.8 Å². The number of fused-ring (bicyclic) bond motifs is 1. The highest BCUT2D eigenvalue weighted by Crippen LogP contribution is 2.22. The summed E-state index contributed by atoms with van der Waals surface area (Å²) in [5.41, 5.74) is 5.54. The maximum absolute atomic E-state index is 11.9. The maximum atomic E-state index is 11.9. The minimum absolute atomic E-state index is 0.452. The largest absolute Gasteiger partial charge is 0.454 e. The molecule has 0 bridgehead atoms. The number of nitrogens with one attached hydrogen (secondary N) is 2. The average Bonchev–Trinajstić information content (AvgIpc) is 2.52. The second-order valence-corrected chi connectivity index (χ2v) is 4.91. The van der Waals surface area contributed by atoms with E-state index in [1.807, 2.05) is 36.4 Å². The summed E-state index contributed by atoms with van der Waals surface area (Å²) in [5, 5.41) is 6.74. The predicted molar refractivity (Wildman–Crippen MR) is 85.7 cm³/mol. The lowest BCUT2D eigenvalue weighted by molar-refractivity contribution is -0.148. The van der Waals surface area contributed by atoms with Crippen LogP contribution in [0.1, 0.15) is 6.92 Å². The molecule has 4 N–H and O–H groups in total. The molecule has 0 aliphatic rings. The maximum Gasteiger partial charge on any atom is 0.328 e. The summed E-state index contributed by atoms with van der Waals surface area (Å²) in [4.78, 5) is 34.1. The molecule has 0 saturated carbocycles. The predicted octanol–water partition coefficient (Wildman–Crippen LogP) is 1.38. The molecule has 23 heavy (non-hydrogen) atoms. The van der Waals surface area contributed by atoms with Gasteiger partial charge in [-0.15, -0.1) is 0 Å². The van der Waals surface area contributed by atoms with Gasteiger partial charge in [-0.25, -0.2) is 9.59 Å². The number of ether oxygens (including phenoxy) is 1. The van der Waals surface area contributed by atoms with Crippen molar-refractivity contribution in [2.45, 2.75) is 13.0 Å². The third-order valence-corrected chi connectivity index (χ3v) is 3.12. The van der Waals surface area contributed by atoms with Crippen LogP contribution in [0.5, 0.6) is 0 Å². The Kier molecular flexibility index (Phi) is 5.14. The van der Waals surface area contributed by atoms with Crippen molar-refractivity contribution in [1.82, 2.24) is 5.32 Å². The van der Waals surface area contributed by atoms with Gasteiger partial charge in [-0.05, 0) is 18.4 Å². The molecule has 0 heterocycles. The van der Waals surface area contributed by atoms with E-state index in [-0.39, 0.29) is 0 Å². The molecule has 7 nitrogen and oxygen atoms in total. The normalized spacial score (nSPS) is 11.5. The van der Waals surface area contributed by atoms with Crippen LogP contribution in [-0.2, 0) is 14.3 Å². The smallest absolute Gasteiger partial charge is 0.328 e. The number of primary amides is 1. The fourth-order valence-corrected chi connectivity index (χ4v) is 2.05. The number of amides is 3. The van der Waals surface area contributed by atoms with Crippen molar-refractivity contribution < 1.29 is 19.1 Å². The van der Waals surface area contributed by atoms with Gasteiger partial charge in [-0.2, -0.15) is 0 Å². The highest BCUT2D eigenvalue weighted by Gasteiger charge is 2.17. The molecule has 1 unspecified atom stereocenters. The minimum Gasteiger partial charge on any atom is -0.454 e. The molecule has 1 atom stereocenters. The van der Waals surface area contributed by atoms with Gasteiger partial charge in [0.25, 0.3) is 5.91 Å². The molecular weight excluding hydrogens is 298 g/mol. The summed E-state index contributed by atoms with van der Waals surface area (Å²) >= 11 is 0. The molecule has 2 aromatic rings. The molecular formula is C16H17N3O4. The summed E-state index contributed by atoms with van der Waals surface area (Å²) in [7, 11) is 0. The van der Waals surface area contributed by atoms with E-state index in [9.17, 15) is 14.4 Å². The highest BCUT2D eigenvalue weighted by atomic mass is 16.5. The van der Waals surface area contributed by atoms with Crippen molar-refractivity contribution in [1.29, 1.82) is 0 Å². The number of nitrogens with two attached hydrogens (primary N) is 1. The number of hydrogen-bond donors (Lipinski definition) is 3. The quantitative estimate of drug-likeness (QED) is 0.724. The number of urea groups is 1. The van der Waals surface area contributed by atoms with Crippen LogP contribution in [0, 0.1) is 0 Å². The van der Waals surface area contributed by atoms with E-state index >= 15 is 0 Å². The topological polar surface area (TPSA) is 111 Å². The van der Waals surface area contributed by atoms with Gasteiger partial charge in [0.1, 0.15) is 6.04 Å². The zero-order valence-corrected chi connectivity index (χ0v) is 12.5. The van der Waals surface area contributed by atoms with Crippen LogP contribution in [0.4, 0.5) is 10.5 Å². The molecule has 2 rings (SSSR count). The second kappa shape index (κ2) is 7.26. The second-order valence-electron chi connectivity index (χ2n) is 4.91. The van der Waals surface area contributed by atoms with Crippen molar-refractivity contribution in [2.75, 3.05) is 11.9 Å². The molecule has 0 spiro atoms. The molecule has 0 aliphatic heterocycles. The number of hydrogen-bond acceptors (Lipinski definition) is 4. The Bertz CT molecular complexity index is 740. The lowest BCUT2D eigenvalue weighted by Gasteiger charge is -2.12. The van der Waals surface area contributed by atoms with Crippen LogP contribution >= 0.6 is 0 Å². The molecule has 2 aromatic carbocycles. The number of esters is 1. The van der Waals surface area contributed by atoms with Crippen molar-refractivity contribution in [2.24, 2.45) is 5.73 Å². The summed E-state index contributed by atoms with van der Waals surface area (Å²) in [5.74, 6) is -1.21. The number of rotatable bonds is 5. The minimum atomic E-state index is -0.919. The molecule has 0 saturated heterocycles. The molecule has 0 aliphatic carbocycles. The Balaban J connectivity index is 1.94. The van der Waals surface area contributed by atoms with E-state index in [1.54, 1.807) is 6.07 Å². The van der Waals surface area contributed by atoms with Crippen LogP contribution in [-0.4, -0.2) is 30.6 Å². The molecule has 3 amide bonds. The van der Waals surface area contributed by atoms with Gasteiger partial charge in [0.05, 0.1) is 0 Å². The first-order valence-corrected chi connectivity index (χ1v) is 6.97. The van der Waals surface area contributed by atoms with Crippen molar-refractivity contribution in [3.63, 3.8) is 0 Å². The van der Waals surface area contributed by atoms with E-state index in [0.29, 0.717) is 5.69 Å². The number of carbonyl (C=O) groups is 3. The van der Waals surface area contributed by atoms with E-state index < -0.39 is 30.6 Å². The van der Waals surface area contributed by atoms with Gasteiger partial charge in [0.15, 0.2) is 6.61 Å². The third-order valence-electron chi connectivity index (χ3n) is 3.12. The van der Waals surface area contributed by atoms with E-state index in [1.165, 1.54) is 6.92 Å². The van der Waals surface area contributed by atoms with Gasteiger partial charge < -0.3 is 21.1 Å². The average molecular weight is 315 g/mol. The van der Waals surface area contributed by atoms with Crippen LogP contribution in [0.3, 0.4) is 0 Å². The fraction of sp³-hybridized carbons (Fsp3) is 0.188. The van der Waals surface area contributed by atoms with Gasteiger partial charge in [-0.3, -0.25) is 4.79 Å². The van der Waals surface area contributed by atoms with Gasteiger partial charge in [0.2, 0.25) is 0 Å². The number of anilines is 1. The lowest BCUT2D eigenvalue weighted by Crippen LogP contribution is -2.43. The SMILES string of the molecule is CC(NC(N)=O)C(=O)OCC(=O)Nc1cccc2ccccc12.